The van der Waals surface area contributed by atoms with Crippen LogP contribution in [0.5, 0.6) is 5.75 Å². The number of rotatable bonds is 13. The Hall–Kier alpha value is -1.87. The Labute approximate surface area is 186 Å². The summed E-state index contributed by atoms with van der Waals surface area (Å²) in [6.45, 7) is 12.3. The van der Waals surface area contributed by atoms with E-state index in [0.29, 0.717) is 25.6 Å². The van der Waals surface area contributed by atoms with Crippen molar-refractivity contribution in [2.75, 3.05) is 33.0 Å². The first kappa shape index (κ1) is 27.2. The molecule has 31 heavy (non-hydrogen) atoms. The Bertz CT molecular complexity index is 628. The minimum atomic E-state index is -0.939. The van der Waals surface area contributed by atoms with Crippen LogP contribution in [0.15, 0.2) is 24.3 Å². The molecule has 1 aromatic carbocycles. The molecule has 0 radical (unpaired) electrons. The first-order chi connectivity index (χ1) is 14.5. The summed E-state index contributed by atoms with van der Waals surface area (Å²) in [4.78, 5) is 13.7. The number of ether oxygens (including phenoxy) is 4. The maximum atomic E-state index is 12.4. The van der Waals surface area contributed by atoms with E-state index in [4.69, 9.17) is 18.9 Å². The molecule has 0 spiro atoms. The van der Waals surface area contributed by atoms with E-state index in [1.54, 1.807) is 39.8 Å². The SMILES string of the molecule is CC(C)OCCOCc1ccc(OCC(O)CN(C(=O)OC(C)(C)C)C(C)CO)cc1. The van der Waals surface area contributed by atoms with Crippen LogP contribution in [0.25, 0.3) is 0 Å². The molecule has 0 aliphatic heterocycles. The fourth-order valence-electron chi connectivity index (χ4n) is 2.54. The quantitative estimate of drug-likeness (QED) is 0.454. The number of hydrogen-bond donors (Lipinski definition) is 2. The van der Waals surface area contributed by atoms with Gasteiger partial charge in [-0.05, 0) is 59.2 Å². The summed E-state index contributed by atoms with van der Waals surface area (Å²) in [5, 5.41) is 19.8. The number of amides is 1. The average Bonchev–Trinajstić information content (AvgIpc) is 2.69. The van der Waals surface area contributed by atoms with Crippen molar-refractivity contribution in [3.63, 3.8) is 0 Å². The molecule has 0 saturated carbocycles. The molecule has 178 valence electrons. The molecule has 0 heterocycles. The van der Waals surface area contributed by atoms with Crippen LogP contribution in [-0.4, -0.2) is 78.0 Å². The number of aliphatic hydroxyl groups excluding tert-OH is 2. The highest BCUT2D eigenvalue weighted by Gasteiger charge is 2.27. The van der Waals surface area contributed by atoms with Crippen LogP contribution >= 0.6 is 0 Å². The second-order valence-corrected chi connectivity index (χ2v) is 8.75. The van der Waals surface area contributed by atoms with Crippen molar-refractivity contribution >= 4 is 6.09 Å². The summed E-state index contributed by atoms with van der Waals surface area (Å²) in [6.07, 6.45) is -1.33. The van der Waals surface area contributed by atoms with Crippen LogP contribution in [-0.2, 0) is 20.8 Å². The van der Waals surface area contributed by atoms with E-state index in [0.717, 1.165) is 5.56 Å². The van der Waals surface area contributed by atoms with Gasteiger partial charge in [0.1, 0.15) is 24.1 Å². The van der Waals surface area contributed by atoms with Crippen molar-refractivity contribution < 1.29 is 34.0 Å². The summed E-state index contributed by atoms with van der Waals surface area (Å²) in [6, 6.07) is 6.91. The van der Waals surface area contributed by atoms with Gasteiger partial charge in [0.15, 0.2) is 0 Å². The van der Waals surface area contributed by atoms with E-state index in [1.165, 1.54) is 4.90 Å². The van der Waals surface area contributed by atoms with E-state index in [9.17, 15) is 15.0 Å². The number of carbonyl (C=O) groups is 1. The van der Waals surface area contributed by atoms with Crippen LogP contribution in [0, 0.1) is 0 Å². The maximum Gasteiger partial charge on any atom is 0.410 e. The van der Waals surface area contributed by atoms with Crippen LogP contribution in [0.3, 0.4) is 0 Å². The van der Waals surface area contributed by atoms with Crippen LogP contribution in [0.2, 0.25) is 0 Å². The topological polar surface area (TPSA) is 97.7 Å². The third-order valence-corrected chi connectivity index (χ3v) is 4.15. The van der Waals surface area contributed by atoms with Crippen molar-refractivity contribution in [1.82, 2.24) is 4.90 Å². The highest BCUT2D eigenvalue weighted by molar-refractivity contribution is 5.68. The summed E-state index contributed by atoms with van der Waals surface area (Å²) >= 11 is 0. The fourth-order valence-corrected chi connectivity index (χ4v) is 2.54. The molecule has 2 unspecified atom stereocenters. The molecule has 2 atom stereocenters. The highest BCUT2D eigenvalue weighted by Crippen LogP contribution is 2.15. The molecule has 0 aliphatic carbocycles. The zero-order chi connectivity index (χ0) is 23.4. The van der Waals surface area contributed by atoms with Gasteiger partial charge in [0.05, 0.1) is 45.1 Å². The second-order valence-electron chi connectivity index (χ2n) is 8.75. The molecule has 0 fully saturated rings. The molecule has 0 saturated heterocycles. The van der Waals surface area contributed by atoms with E-state index in [-0.39, 0.29) is 25.9 Å². The normalized spacial score (nSPS) is 13.7. The van der Waals surface area contributed by atoms with Gasteiger partial charge in [-0.15, -0.1) is 0 Å². The van der Waals surface area contributed by atoms with Gasteiger partial charge in [-0.2, -0.15) is 0 Å². The van der Waals surface area contributed by atoms with Crippen molar-refractivity contribution in [2.45, 2.75) is 72.0 Å². The number of hydrogen-bond acceptors (Lipinski definition) is 7. The first-order valence-electron chi connectivity index (χ1n) is 10.7. The average molecular weight is 442 g/mol. The summed E-state index contributed by atoms with van der Waals surface area (Å²) in [7, 11) is 0. The van der Waals surface area contributed by atoms with E-state index < -0.39 is 23.8 Å². The zero-order valence-corrected chi connectivity index (χ0v) is 19.7. The molecule has 8 heteroatoms. The van der Waals surface area contributed by atoms with Crippen molar-refractivity contribution in [3.8, 4) is 5.75 Å². The lowest BCUT2D eigenvalue weighted by Crippen LogP contribution is -2.48. The Balaban J connectivity index is 2.47. The number of benzene rings is 1. The third-order valence-electron chi connectivity index (χ3n) is 4.15. The summed E-state index contributed by atoms with van der Waals surface area (Å²) in [5.41, 5.74) is 0.337. The Morgan fingerprint density at radius 1 is 1.10 bits per heavy atom. The smallest absolute Gasteiger partial charge is 0.410 e. The van der Waals surface area contributed by atoms with Crippen LogP contribution < -0.4 is 4.74 Å². The molecule has 0 aliphatic rings. The molecular formula is C23H39NO7. The molecule has 1 rings (SSSR count). The van der Waals surface area contributed by atoms with Crippen molar-refractivity contribution in [1.29, 1.82) is 0 Å². The second kappa shape index (κ2) is 13.5. The standard InChI is InChI=1S/C23H39NO7/c1-17(2)29-12-11-28-15-19-7-9-21(10-8-19)30-16-20(26)13-24(18(3)14-25)22(27)31-23(4,5)6/h7-10,17-18,20,25-26H,11-16H2,1-6H3. The Morgan fingerprint density at radius 3 is 2.29 bits per heavy atom. The molecule has 1 amide bonds. The lowest BCUT2D eigenvalue weighted by atomic mass is 10.2. The largest absolute Gasteiger partial charge is 0.491 e. The number of nitrogens with zero attached hydrogens (tertiary/aromatic N) is 1. The summed E-state index contributed by atoms with van der Waals surface area (Å²) in [5.74, 6) is 0.602. The molecule has 8 nitrogen and oxygen atoms in total. The maximum absolute atomic E-state index is 12.4. The molecule has 0 aromatic heterocycles. The monoisotopic (exact) mass is 441 g/mol. The van der Waals surface area contributed by atoms with Gasteiger partial charge < -0.3 is 34.1 Å². The van der Waals surface area contributed by atoms with Crippen molar-refractivity contribution in [3.05, 3.63) is 29.8 Å². The lowest BCUT2D eigenvalue weighted by Gasteiger charge is -2.32. The van der Waals surface area contributed by atoms with Gasteiger partial charge in [-0.3, -0.25) is 0 Å². The van der Waals surface area contributed by atoms with Crippen molar-refractivity contribution in [2.24, 2.45) is 0 Å². The third kappa shape index (κ3) is 11.9. The predicted molar refractivity (Wildman–Crippen MR) is 118 cm³/mol. The predicted octanol–water partition coefficient (Wildman–Crippen LogP) is 2.99. The van der Waals surface area contributed by atoms with Crippen LogP contribution in [0.4, 0.5) is 4.79 Å². The van der Waals surface area contributed by atoms with Gasteiger partial charge in [0.25, 0.3) is 0 Å². The van der Waals surface area contributed by atoms with Crippen LogP contribution in [0.1, 0.15) is 47.1 Å². The van der Waals surface area contributed by atoms with E-state index in [1.807, 2.05) is 26.0 Å². The molecular weight excluding hydrogens is 402 g/mol. The minimum absolute atomic E-state index is 0.000165. The van der Waals surface area contributed by atoms with Gasteiger partial charge >= 0.3 is 6.09 Å². The summed E-state index contributed by atoms with van der Waals surface area (Å²) < 4.78 is 22.0. The Morgan fingerprint density at radius 2 is 1.74 bits per heavy atom. The lowest BCUT2D eigenvalue weighted by molar-refractivity contribution is -0.00637. The number of carbonyl (C=O) groups excluding carboxylic acids is 1. The highest BCUT2D eigenvalue weighted by atomic mass is 16.6. The van der Waals surface area contributed by atoms with Gasteiger partial charge in [0.2, 0.25) is 0 Å². The van der Waals surface area contributed by atoms with Gasteiger partial charge in [-0.25, -0.2) is 4.79 Å². The fraction of sp³-hybridized carbons (Fsp3) is 0.696. The zero-order valence-electron chi connectivity index (χ0n) is 19.7. The first-order valence-corrected chi connectivity index (χ1v) is 10.7. The molecule has 1 aromatic rings. The molecule has 0 bridgehead atoms. The van der Waals surface area contributed by atoms with Gasteiger partial charge in [0, 0.05) is 0 Å². The van der Waals surface area contributed by atoms with E-state index >= 15 is 0 Å². The van der Waals surface area contributed by atoms with E-state index in [2.05, 4.69) is 0 Å². The number of aliphatic hydroxyl groups is 2. The minimum Gasteiger partial charge on any atom is -0.491 e. The molecule has 2 N–H and O–H groups in total. The Kier molecular flexibility index (Phi) is 11.8. The van der Waals surface area contributed by atoms with Gasteiger partial charge in [-0.1, -0.05) is 12.1 Å².